The lowest BCUT2D eigenvalue weighted by molar-refractivity contribution is 0.275. The van der Waals surface area contributed by atoms with Crippen LogP contribution in [0.4, 0.5) is 0 Å². The van der Waals surface area contributed by atoms with Gasteiger partial charge in [0.15, 0.2) is 11.5 Å². The molecule has 0 saturated heterocycles. The number of nitrogens with zero attached hydrogens (tertiary/aromatic N) is 4. The highest BCUT2D eigenvalue weighted by atomic mass is 32.1. The molecule has 9 nitrogen and oxygen atoms in total. The minimum atomic E-state index is -0.0490. The molecular formula is C36H34N4O5S. The number of benzene rings is 3. The van der Waals surface area contributed by atoms with Crippen LogP contribution in [0.1, 0.15) is 45.8 Å². The molecule has 0 amide bonds. The van der Waals surface area contributed by atoms with Crippen LogP contribution in [0.15, 0.2) is 88.8 Å². The summed E-state index contributed by atoms with van der Waals surface area (Å²) in [6.07, 6.45) is 6.82. The molecule has 6 aromatic rings. The van der Waals surface area contributed by atoms with Gasteiger partial charge >= 0.3 is 0 Å². The van der Waals surface area contributed by atoms with Gasteiger partial charge in [-0.2, -0.15) is 0 Å². The largest absolute Gasteiger partial charge is 0.493 e. The van der Waals surface area contributed by atoms with Crippen LogP contribution in [0, 0.1) is 6.92 Å². The van der Waals surface area contributed by atoms with Crippen molar-refractivity contribution in [1.29, 1.82) is 0 Å². The molecule has 3 aromatic heterocycles. The van der Waals surface area contributed by atoms with Gasteiger partial charge in [0.1, 0.15) is 24.7 Å². The summed E-state index contributed by atoms with van der Waals surface area (Å²) in [6.45, 7) is 4.38. The second-order valence-electron chi connectivity index (χ2n) is 10.5. The predicted octanol–water partition coefficient (Wildman–Crippen LogP) is 7.68. The number of para-hydroxylation sites is 1. The monoisotopic (exact) mass is 634 g/mol. The van der Waals surface area contributed by atoms with Crippen LogP contribution in [0.2, 0.25) is 0 Å². The number of thiazole rings is 1. The Kier molecular flexibility index (Phi) is 9.56. The quantitative estimate of drug-likeness (QED) is 0.138. The van der Waals surface area contributed by atoms with E-state index in [0.717, 1.165) is 45.1 Å². The molecule has 0 bridgehead atoms. The van der Waals surface area contributed by atoms with E-state index in [1.807, 2.05) is 108 Å². The Morgan fingerprint density at radius 3 is 2.57 bits per heavy atom. The van der Waals surface area contributed by atoms with E-state index in [0.29, 0.717) is 34.7 Å². The van der Waals surface area contributed by atoms with Crippen molar-refractivity contribution in [3.63, 3.8) is 0 Å². The van der Waals surface area contributed by atoms with E-state index in [1.54, 1.807) is 18.4 Å². The summed E-state index contributed by atoms with van der Waals surface area (Å²) in [5.41, 5.74) is 5.84. The molecule has 3 aromatic carbocycles. The summed E-state index contributed by atoms with van der Waals surface area (Å²) >= 11 is 1.65. The van der Waals surface area contributed by atoms with Crippen molar-refractivity contribution in [3.8, 4) is 34.5 Å². The number of aliphatic hydroxyl groups excluding tert-OH is 1. The molecule has 0 unspecified atom stereocenters. The molecule has 6 rings (SSSR count). The summed E-state index contributed by atoms with van der Waals surface area (Å²) in [5, 5.41) is 17.3. The normalized spacial score (nSPS) is 11.3. The van der Waals surface area contributed by atoms with Crippen molar-refractivity contribution in [2.45, 2.75) is 40.1 Å². The van der Waals surface area contributed by atoms with Crippen LogP contribution in [0.5, 0.6) is 17.4 Å². The van der Waals surface area contributed by atoms with Gasteiger partial charge in [-0.1, -0.05) is 43.3 Å². The van der Waals surface area contributed by atoms with E-state index in [-0.39, 0.29) is 19.8 Å². The van der Waals surface area contributed by atoms with Crippen molar-refractivity contribution >= 4 is 23.5 Å². The highest BCUT2D eigenvalue weighted by Gasteiger charge is 2.15. The van der Waals surface area contributed by atoms with Gasteiger partial charge in [0, 0.05) is 17.1 Å². The Morgan fingerprint density at radius 2 is 1.78 bits per heavy atom. The molecule has 10 heteroatoms. The molecule has 46 heavy (non-hydrogen) atoms. The molecule has 0 aliphatic heterocycles. The van der Waals surface area contributed by atoms with Gasteiger partial charge in [-0.25, -0.2) is 14.6 Å². The predicted molar refractivity (Wildman–Crippen MR) is 178 cm³/mol. The maximum absolute atomic E-state index is 9.47. The summed E-state index contributed by atoms with van der Waals surface area (Å²) in [7, 11) is 1.60. The molecule has 3 heterocycles. The van der Waals surface area contributed by atoms with Crippen LogP contribution in [-0.4, -0.2) is 32.0 Å². The van der Waals surface area contributed by atoms with Crippen molar-refractivity contribution in [1.82, 2.24) is 19.7 Å². The number of hydrogen-bond acceptors (Lipinski definition) is 9. The first-order chi connectivity index (χ1) is 22.5. The number of aliphatic hydroxyl groups is 1. The molecular weight excluding hydrogens is 600 g/mol. The molecule has 234 valence electrons. The second-order valence-corrected chi connectivity index (χ2v) is 11.4. The van der Waals surface area contributed by atoms with E-state index in [9.17, 15) is 5.11 Å². The Balaban J connectivity index is 1.16. The molecule has 0 radical (unpaired) electrons. The van der Waals surface area contributed by atoms with E-state index in [1.165, 1.54) is 0 Å². The molecule has 0 atom stereocenters. The third-order valence-electron chi connectivity index (χ3n) is 7.25. The van der Waals surface area contributed by atoms with Gasteiger partial charge in [0.25, 0.3) is 0 Å². The summed E-state index contributed by atoms with van der Waals surface area (Å²) in [4.78, 5) is 9.27. The van der Waals surface area contributed by atoms with Crippen molar-refractivity contribution in [2.24, 2.45) is 0 Å². The van der Waals surface area contributed by atoms with Crippen molar-refractivity contribution in [3.05, 3.63) is 123 Å². The molecule has 0 fully saturated rings. The Labute approximate surface area is 271 Å². The highest BCUT2D eigenvalue weighted by Crippen LogP contribution is 2.31. The summed E-state index contributed by atoms with van der Waals surface area (Å²) in [5.74, 6) is 2.79. The number of oxazole rings is 1. The van der Waals surface area contributed by atoms with E-state index >= 15 is 0 Å². The molecule has 1 N–H and O–H groups in total. The smallest absolute Gasteiger partial charge is 0.240 e. The lowest BCUT2D eigenvalue weighted by Crippen LogP contribution is -2.02. The average molecular weight is 635 g/mol. The van der Waals surface area contributed by atoms with Gasteiger partial charge < -0.3 is 23.7 Å². The van der Waals surface area contributed by atoms with Crippen molar-refractivity contribution < 1.29 is 23.7 Å². The SMILES string of the molecule is CCc1nc(/C=C/c2cn(-c3ccccc3)nc2OCc2ccc(OCc3nc(-c4cccc(CO)c4)oc3C)c(OC)c2)cs1. The molecule has 0 spiro atoms. The van der Waals surface area contributed by atoms with E-state index < -0.39 is 0 Å². The Hall–Kier alpha value is -5.19. The number of methoxy groups -OCH3 is 1. The number of hydrogen-bond donors (Lipinski definition) is 1. The van der Waals surface area contributed by atoms with E-state index in [4.69, 9.17) is 23.7 Å². The fourth-order valence-corrected chi connectivity index (χ4v) is 5.47. The number of aryl methyl sites for hydroxylation is 2. The molecule has 0 saturated carbocycles. The number of aromatic nitrogens is 4. The standard InChI is InChI=1S/C36H34N4O5S/c1-4-34-37-29(23-46-34)15-14-28-19-40(30-11-6-5-7-12-30)39-36(28)44-21-26-13-16-32(33(18-26)42-3)43-22-31-24(2)45-35(38-31)27-10-8-9-25(17-27)20-41/h5-19,23,41H,4,20-22H2,1-3H3/b15-14+. The number of rotatable bonds is 13. The zero-order valence-electron chi connectivity index (χ0n) is 25.8. The summed E-state index contributed by atoms with van der Waals surface area (Å²) in [6, 6.07) is 23.1. The Bertz CT molecular complexity index is 1940. The average Bonchev–Trinajstić information content (AvgIpc) is 3.84. The van der Waals surface area contributed by atoms with Gasteiger partial charge in [0.05, 0.1) is 35.7 Å². The second kappa shape index (κ2) is 14.3. The minimum absolute atomic E-state index is 0.0490. The van der Waals surface area contributed by atoms with Gasteiger partial charge in [-0.3, -0.25) is 0 Å². The van der Waals surface area contributed by atoms with Crippen LogP contribution in [-0.2, 0) is 26.2 Å². The van der Waals surface area contributed by atoms with E-state index in [2.05, 4.69) is 16.9 Å². The van der Waals surface area contributed by atoms with Gasteiger partial charge in [0.2, 0.25) is 11.8 Å². The summed E-state index contributed by atoms with van der Waals surface area (Å²) < 4.78 is 25.7. The first kappa shape index (κ1) is 30.8. The third-order valence-corrected chi connectivity index (χ3v) is 8.26. The fraction of sp³-hybridized carbons (Fsp3) is 0.194. The van der Waals surface area contributed by atoms with Crippen LogP contribution < -0.4 is 14.2 Å². The van der Waals surface area contributed by atoms with Crippen LogP contribution in [0.3, 0.4) is 0 Å². The molecule has 0 aliphatic rings. The third kappa shape index (κ3) is 7.20. The van der Waals surface area contributed by atoms with Gasteiger partial charge in [-0.15, -0.1) is 16.4 Å². The first-order valence-electron chi connectivity index (χ1n) is 14.9. The highest BCUT2D eigenvalue weighted by molar-refractivity contribution is 7.09. The first-order valence-corrected chi connectivity index (χ1v) is 15.8. The zero-order chi connectivity index (χ0) is 31.9. The zero-order valence-corrected chi connectivity index (χ0v) is 26.7. The lowest BCUT2D eigenvalue weighted by Gasteiger charge is -2.12. The number of ether oxygens (including phenoxy) is 3. The van der Waals surface area contributed by atoms with Crippen molar-refractivity contribution in [2.75, 3.05) is 7.11 Å². The van der Waals surface area contributed by atoms with Gasteiger partial charge in [-0.05, 0) is 73.0 Å². The van der Waals surface area contributed by atoms with Crippen LogP contribution in [0.25, 0.3) is 29.3 Å². The topological polar surface area (TPSA) is 105 Å². The lowest BCUT2D eigenvalue weighted by atomic mass is 10.1. The maximum Gasteiger partial charge on any atom is 0.240 e. The Morgan fingerprint density at radius 1 is 0.913 bits per heavy atom. The maximum atomic E-state index is 9.47. The van der Waals surface area contributed by atoms with Crippen LogP contribution >= 0.6 is 11.3 Å². The molecule has 0 aliphatic carbocycles. The minimum Gasteiger partial charge on any atom is -0.493 e. The fourth-order valence-electron chi connectivity index (χ4n) is 4.76.